The SMILES string of the molecule is CS(=O)(=O)c1ccc(C#N)nc1.N#Cc1ccc(Br)cn1. The van der Waals surface area contributed by atoms with Crippen molar-refractivity contribution in [3.63, 3.8) is 0 Å². The fourth-order valence-electron chi connectivity index (χ4n) is 1.11. The largest absolute Gasteiger partial charge is 0.244 e. The fraction of sp³-hybridized carbons (Fsp3) is 0.0769. The second-order valence-electron chi connectivity index (χ2n) is 3.74. The molecule has 0 aliphatic carbocycles. The van der Waals surface area contributed by atoms with Gasteiger partial charge in [-0.1, -0.05) is 0 Å². The molecule has 0 aromatic carbocycles. The summed E-state index contributed by atoms with van der Waals surface area (Å²) in [5, 5.41) is 16.7. The van der Waals surface area contributed by atoms with Crippen LogP contribution in [0.5, 0.6) is 0 Å². The van der Waals surface area contributed by atoms with E-state index in [4.69, 9.17) is 10.5 Å². The molecule has 0 spiro atoms. The van der Waals surface area contributed by atoms with Crippen LogP contribution >= 0.6 is 15.9 Å². The van der Waals surface area contributed by atoms with Crippen molar-refractivity contribution < 1.29 is 8.42 Å². The third-order valence-electron chi connectivity index (χ3n) is 2.12. The highest BCUT2D eigenvalue weighted by molar-refractivity contribution is 9.10. The van der Waals surface area contributed by atoms with Gasteiger partial charge in [0, 0.05) is 23.1 Å². The van der Waals surface area contributed by atoms with E-state index in [1.54, 1.807) is 24.4 Å². The van der Waals surface area contributed by atoms with Crippen molar-refractivity contribution in [1.82, 2.24) is 9.97 Å². The Morgan fingerprint density at radius 1 is 1.00 bits per heavy atom. The number of nitriles is 2. The molecule has 0 atom stereocenters. The van der Waals surface area contributed by atoms with Crippen molar-refractivity contribution in [1.29, 1.82) is 10.5 Å². The van der Waals surface area contributed by atoms with Crippen LogP contribution in [-0.2, 0) is 9.84 Å². The zero-order chi connectivity index (χ0) is 15.9. The van der Waals surface area contributed by atoms with Crippen LogP contribution in [0.15, 0.2) is 46.0 Å². The minimum atomic E-state index is -3.20. The minimum absolute atomic E-state index is 0.126. The molecule has 0 N–H and O–H groups in total. The zero-order valence-electron chi connectivity index (χ0n) is 10.9. The van der Waals surface area contributed by atoms with Crippen molar-refractivity contribution in [2.24, 2.45) is 0 Å². The molecule has 0 aliphatic heterocycles. The Morgan fingerprint density at radius 2 is 1.52 bits per heavy atom. The summed E-state index contributed by atoms with van der Waals surface area (Å²) in [5.41, 5.74) is 0.653. The molecule has 106 valence electrons. The second-order valence-corrected chi connectivity index (χ2v) is 6.67. The van der Waals surface area contributed by atoms with Gasteiger partial charge in [-0.25, -0.2) is 18.4 Å². The maximum Gasteiger partial charge on any atom is 0.177 e. The molecular weight excluding hydrogens is 356 g/mol. The summed E-state index contributed by atoms with van der Waals surface area (Å²) in [7, 11) is -3.20. The lowest BCUT2D eigenvalue weighted by molar-refractivity contribution is 0.601. The first-order valence-corrected chi connectivity index (χ1v) is 8.13. The first-order chi connectivity index (χ1) is 9.86. The van der Waals surface area contributed by atoms with Crippen LogP contribution in [0.25, 0.3) is 0 Å². The normalized spacial score (nSPS) is 9.71. The van der Waals surface area contributed by atoms with E-state index < -0.39 is 9.84 Å². The van der Waals surface area contributed by atoms with Gasteiger partial charge in [0.15, 0.2) is 9.84 Å². The number of halogens is 1. The van der Waals surface area contributed by atoms with E-state index in [0.717, 1.165) is 10.7 Å². The van der Waals surface area contributed by atoms with E-state index in [1.807, 2.05) is 6.07 Å². The molecule has 2 rings (SSSR count). The molecule has 6 nitrogen and oxygen atoms in total. The Labute approximate surface area is 130 Å². The maximum absolute atomic E-state index is 10.9. The molecule has 0 bridgehead atoms. The lowest BCUT2D eigenvalue weighted by Crippen LogP contribution is -1.97. The molecule has 0 fully saturated rings. The molecule has 0 saturated carbocycles. The number of sulfone groups is 1. The fourth-order valence-corrected chi connectivity index (χ4v) is 1.90. The van der Waals surface area contributed by atoms with E-state index in [9.17, 15) is 8.42 Å². The highest BCUT2D eigenvalue weighted by Crippen LogP contribution is 2.06. The maximum atomic E-state index is 10.9. The van der Waals surface area contributed by atoms with E-state index in [0.29, 0.717) is 5.69 Å². The van der Waals surface area contributed by atoms with Crippen LogP contribution in [0.3, 0.4) is 0 Å². The van der Waals surface area contributed by atoms with Gasteiger partial charge in [0.25, 0.3) is 0 Å². The number of aromatic nitrogens is 2. The van der Waals surface area contributed by atoms with Gasteiger partial charge in [-0.3, -0.25) is 0 Å². The highest BCUT2D eigenvalue weighted by atomic mass is 79.9. The summed E-state index contributed by atoms with van der Waals surface area (Å²) in [6.07, 6.45) is 3.86. The molecule has 2 aromatic heterocycles. The smallest absolute Gasteiger partial charge is 0.177 e. The van der Waals surface area contributed by atoms with Gasteiger partial charge in [0.1, 0.15) is 23.5 Å². The average Bonchev–Trinajstić information content (AvgIpc) is 2.48. The molecular formula is C13H9BrN4O2S. The highest BCUT2D eigenvalue weighted by Gasteiger charge is 2.06. The van der Waals surface area contributed by atoms with Gasteiger partial charge in [-0.05, 0) is 40.2 Å². The van der Waals surface area contributed by atoms with E-state index >= 15 is 0 Å². The number of pyridine rings is 2. The Bertz CT molecular complexity index is 788. The molecule has 2 heterocycles. The average molecular weight is 365 g/mol. The van der Waals surface area contributed by atoms with Crippen LogP contribution < -0.4 is 0 Å². The lowest BCUT2D eigenvalue weighted by atomic mass is 10.4. The molecule has 2 aromatic rings. The Morgan fingerprint density at radius 3 is 1.86 bits per heavy atom. The van der Waals surface area contributed by atoms with Gasteiger partial charge in [0.05, 0.1) is 4.90 Å². The predicted octanol–water partition coefficient (Wildman–Crippen LogP) is 2.07. The van der Waals surface area contributed by atoms with Gasteiger partial charge in [0.2, 0.25) is 0 Å². The summed E-state index contributed by atoms with van der Waals surface area (Å²) in [5.74, 6) is 0. The topological polar surface area (TPSA) is 107 Å². The number of hydrogen-bond acceptors (Lipinski definition) is 6. The monoisotopic (exact) mass is 364 g/mol. The van der Waals surface area contributed by atoms with Gasteiger partial charge in [-0.2, -0.15) is 10.5 Å². The second kappa shape index (κ2) is 7.48. The number of rotatable bonds is 1. The first-order valence-electron chi connectivity index (χ1n) is 5.44. The molecule has 0 unspecified atom stereocenters. The third-order valence-corrected chi connectivity index (χ3v) is 3.69. The van der Waals surface area contributed by atoms with Crippen LogP contribution in [0.2, 0.25) is 0 Å². The van der Waals surface area contributed by atoms with Crippen molar-refractivity contribution in [2.45, 2.75) is 4.90 Å². The number of hydrogen-bond donors (Lipinski definition) is 0. The predicted molar refractivity (Wildman–Crippen MR) is 78.7 cm³/mol. The molecule has 0 saturated heterocycles. The molecule has 0 amide bonds. The van der Waals surface area contributed by atoms with Crippen LogP contribution in [0.1, 0.15) is 11.4 Å². The Kier molecular flexibility index (Phi) is 5.97. The molecule has 8 heteroatoms. The minimum Gasteiger partial charge on any atom is -0.244 e. The van der Waals surface area contributed by atoms with Crippen LogP contribution in [0.4, 0.5) is 0 Å². The van der Waals surface area contributed by atoms with Crippen molar-refractivity contribution in [2.75, 3.05) is 6.26 Å². The quantitative estimate of drug-likeness (QED) is 0.766. The van der Waals surface area contributed by atoms with E-state index in [1.165, 1.54) is 18.3 Å². The molecule has 21 heavy (non-hydrogen) atoms. The number of nitrogens with zero attached hydrogens (tertiary/aromatic N) is 4. The van der Waals surface area contributed by atoms with Crippen molar-refractivity contribution >= 4 is 25.8 Å². The van der Waals surface area contributed by atoms with Crippen LogP contribution in [-0.4, -0.2) is 24.6 Å². The van der Waals surface area contributed by atoms with Gasteiger partial charge in [-0.15, -0.1) is 0 Å². The van der Waals surface area contributed by atoms with E-state index in [2.05, 4.69) is 25.9 Å². The summed E-state index contributed by atoms with van der Waals surface area (Å²) in [6, 6.07) is 9.90. The van der Waals surface area contributed by atoms with Crippen molar-refractivity contribution in [3.05, 3.63) is 52.5 Å². The zero-order valence-corrected chi connectivity index (χ0v) is 13.3. The first kappa shape index (κ1) is 16.8. The lowest BCUT2D eigenvalue weighted by Gasteiger charge is -1.94. The summed E-state index contributed by atoms with van der Waals surface area (Å²) < 4.78 is 22.7. The Hall–Kier alpha value is -2.29. The third kappa shape index (κ3) is 5.69. The summed E-state index contributed by atoms with van der Waals surface area (Å²) in [4.78, 5) is 7.54. The summed E-state index contributed by atoms with van der Waals surface area (Å²) in [6.45, 7) is 0. The molecule has 0 radical (unpaired) electrons. The standard InChI is InChI=1S/C7H6N2O2S.C6H3BrN2/c1-12(10,11)7-3-2-6(4-8)9-5-7;7-5-1-2-6(3-8)9-4-5/h2-3,5H,1H3;1-2,4H. The summed E-state index contributed by atoms with van der Waals surface area (Å²) >= 11 is 3.20. The van der Waals surface area contributed by atoms with Crippen molar-refractivity contribution in [3.8, 4) is 12.1 Å². The van der Waals surface area contributed by atoms with Gasteiger partial charge < -0.3 is 0 Å². The Balaban J connectivity index is 0.000000219. The van der Waals surface area contributed by atoms with Crippen LogP contribution in [0, 0.1) is 22.7 Å². The van der Waals surface area contributed by atoms with Gasteiger partial charge >= 0.3 is 0 Å². The molecule has 0 aliphatic rings. The van der Waals surface area contributed by atoms with E-state index in [-0.39, 0.29) is 10.6 Å².